The molecule has 0 bridgehead atoms. The van der Waals surface area contributed by atoms with E-state index in [-0.39, 0.29) is 5.92 Å². The molecule has 1 aromatic rings. The molecule has 0 saturated carbocycles. The van der Waals surface area contributed by atoms with E-state index < -0.39 is 11.9 Å². The van der Waals surface area contributed by atoms with Gasteiger partial charge in [0.15, 0.2) is 5.69 Å². The van der Waals surface area contributed by atoms with E-state index in [9.17, 15) is 13.2 Å². The van der Waals surface area contributed by atoms with Crippen molar-refractivity contribution in [1.29, 1.82) is 0 Å². The molecule has 0 radical (unpaired) electrons. The van der Waals surface area contributed by atoms with Gasteiger partial charge in [0.25, 0.3) is 0 Å². The predicted molar refractivity (Wildman–Crippen MR) is 45.8 cm³/mol. The van der Waals surface area contributed by atoms with Crippen LogP contribution in [0.1, 0.15) is 36.9 Å². The van der Waals surface area contributed by atoms with Gasteiger partial charge in [-0.2, -0.15) is 13.2 Å². The van der Waals surface area contributed by atoms with E-state index in [1.165, 1.54) is 0 Å². The van der Waals surface area contributed by atoms with Crippen molar-refractivity contribution >= 4 is 11.3 Å². The zero-order valence-electron chi connectivity index (χ0n) is 7.35. The third kappa shape index (κ3) is 2.43. The SMILES string of the molecule is CCC(C)c1nc(C(F)(F)F)cs1. The summed E-state index contributed by atoms with van der Waals surface area (Å²) in [5, 5.41) is 1.64. The summed E-state index contributed by atoms with van der Waals surface area (Å²) in [6, 6.07) is 0. The highest BCUT2D eigenvalue weighted by Gasteiger charge is 2.33. The zero-order chi connectivity index (χ0) is 10.1. The monoisotopic (exact) mass is 209 g/mol. The van der Waals surface area contributed by atoms with Crippen LogP contribution in [0, 0.1) is 0 Å². The molecule has 74 valence electrons. The van der Waals surface area contributed by atoms with Crippen molar-refractivity contribution in [2.24, 2.45) is 0 Å². The van der Waals surface area contributed by atoms with Crippen LogP contribution in [0.2, 0.25) is 0 Å². The third-order valence-corrected chi connectivity index (χ3v) is 2.92. The first-order valence-corrected chi connectivity index (χ1v) is 4.85. The summed E-state index contributed by atoms with van der Waals surface area (Å²) in [5.74, 6) is 0.112. The Labute approximate surface area is 78.6 Å². The van der Waals surface area contributed by atoms with Gasteiger partial charge in [0.05, 0.1) is 5.01 Å². The molecular formula is C8H10F3NS. The lowest BCUT2D eigenvalue weighted by molar-refractivity contribution is -0.140. The lowest BCUT2D eigenvalue weighted by Crippen LogP contribution is -2.05. The Morgan fingerprint density at radius 1 is 1.54 bits per heavy atom. The maximum atomic E-state index is 12.1. The highest BCUT2D eigenvalue weighted by molar-refractivity contribution is 7.09. The van der Waals surface area contributed by atoms with Crippen molar-refractivity contribution in [2.75, 3.05) is 0 Å². The maximum absolute atomic E-state index is 12.1. The lowest BCUT2D eigenvalue weighted by atomic mass is 10.1. The van der Waals surface area contributed by atoms with Crippen molar-refractivity contribution in [3.8, 4) is 0 Å². The summed E-state index contributed by atoms with van der Waals surface area (Å²) in [6.45, 7) is 3.80. The molecule has 0 amide bonds. The van der Waals surface area contributed by atoms with E-state index in [2.05, 4.69) is 4.98 Å². The number of hydrogen-bond acceptors (Lipinski definition) is 2. The minimum atomic E-state index is -4.30. The van der Waals surface area contributed by atoms with E-state index in [4.69, 9.17) is 0 Å². The molecular weight excluding hydrogens is 199 g/mol. The Bertz CT molecular complexity index is 279. The second kappa shape index (κ2) is 3.65. The molecule has 1 rings (SSSR count). The molecule has 0 aromatic carbocycles. The van der Waals surface area contributed by atoms with Crippen molar-refractivity contribution in [3.05, 3.63) is 16.1 Å². The molecule has 0 aliphatic carbocycles. The fraction of sp³-hybridized carbons (Fsp3) is 0.625. The van der Waals surface area contributed by atoms with E-state index in [0.717, 1.165) is 23.1 Å². The molecule has 1 atom stereocenters. The van der Waals surface area contributed by atoms with Crippen molar-refractivity contribution in [1.82, 2.24) is 4.98 Å². The molecule has 0 aliphatic heterocycles. The second-order valence-corrected chi connectivity index (χ2v) is 3.77. The van der Waals surface area contributed by atoms with Gasteiger partial charge in [-0.3, -0.25) is 0 Å². The van der Waals surface area contributed by atoms with Crippen LogP contribution < -0.4 is 0 Å². The van der Waals surface area contributed by atoms with Gasteiger partial charge in [0.2, 0.25) is 0 Å². The van der Waals surface area contributed by atoms with E-state index >= 15 is 0 Å². The fourth-order valence-corrected chi connectivity index (χ4v) is 1.79. The Hall–Kier alpha value is -0.580. The van der Waals surface area contributed by atoms with E-state index in [1.54, 1.807) is 0 Å². The zero-order valence-corrected chi connectivity index (χ0v) is 8.17. The quantitative estimate of drug-likeness (QED) is 0.724. The lowest BCUT2D eigenvalue weighted by Gasteiger charge is -2.03. The van der Waals surface area contributed by atoms with Crippen LogP contribution in [-0.2, 0) is 6.18 Å². The minimum absolute atomic E-state index is 0.112. The number of aromatic nitrogens is 1. The molecule has 1 unspecified atom stereocenters. The molecule has 13 heavy (non-hydrogen) atoms. The molecule has 0 spiro atoms. The largest absolute Gasteiger partial charge is 0.434 e. The summed E-state index contributed by atoms with van der Waals surface area (Å²) in [5.41, 5.74) is -0.771. The first-order valence-electron chi connectivity index (χ1n) is 3.97. The molecule has 1 aromatic heterocycles. The van der Waals surface area contributed by atoms with Gasteiger partial charge in [-0.25, -0.2) is 4.98 Å². The van der Waals surface area contributed by atoms with Crippen LogP contribution in [-0.4, -0.2) is 4.98 Å². The average Bonchev–Trinajstić information content (AvgIpc) is 2.50. The first kappa shape index (κ1) is 10.5. The van der Waals surface area contributed by atoms with Gasteiger partial charge in [0.1, 0.15) is 0 Å². The summed E-state index contributed by atoms with van der Waals surface area (Å²) >= 11 is 1.08. The number of nitrogens with zero attached hydrogens (tertiary/aromatic N) is 1. The standard InChI is InChI=1S/C8H10F3NS/c1-3-5(2)7-12-6(4-13-7)8(9,10)11/h4-5H,3H2,1-2H3. The van der Waals surface area contributed by atoms with Gasteiger partial charge in [-0.05, 0) is 6.42 Å². The number of rotatable bonds is 2. The maximum Gasteiger partial charge on any atom is 0.434 e. The van der Waals surface area contributed by atoms with Gasteiger partial charge < -0.3 is 0 Å². The van der Waals surface area contributed by atoms with Gasteiger partial charge in [0, 0.05) is 11.3 Å². The number of halogens is 3. The molecule has 1 heterocycles. The van der Waals surface area contributed by atoms with Gasteiger partial charge in [-0.15, -0.1) is 11.3 Å². The Morgan fingerprint density at radius 3 is 2.54 bits per heavy atom. The minimum Gasteiger partial charge on any atom is -0.236 e. The summed E-state index contributed by atoms with van der Waals surface area (Å²) < 4.78 is 36.3. The second-order valence-electron chi connectivity index (χ2n) is 2.88. The number of hydrogen-bond donors (Lipinski definition) is 0. The van der Waals surface area contributed by atoms with Crippen molar-refractivity contribution in [2.45, 2.75) is 32.4 Å². The molecule has 0 N–H and O–H groups in total. The highest BCUT2D eigenvalue weighted by atomic mass is 32.1. The molecule has 5 heteroatoms. The van der Waals surface area contributed by atoms with Crippen LogP contribution in [0.3, 0.4) is 0 Å². The Balaban J connectivity index is 2.87. The first-order chi connectivity index (χ1) is 5.95. The van der Waals surface area contributed by atoms with Crippen molar-refractivity contribution < 1.29 is 13.2 Å². The number of alkyl halides is 3. The molecule has 1 nitrogen and oxygen atoms in total. The molecule has 0 fully saturated rings. The van der Waals surface area contributed by atoms with E-state index in [1.807, 2.05) is 13.8 Å². The van der Waals surface area contributed by atoms with E-state index in [0.29, 0.717) is 5.01 Å². The average molecular weight is 209 g/mol. The van der Waals surface area contributed by atoms with Gasteiger partial charge >= 0.3 is 6.18 Å². The number of thiazole rings is 1. The normalized spacial score (nSPS) is 14.5. The fourth-order valence-electron chi connectivity index (χ4n) is 0.819. The third-order valence-electron chi connectivity index (χ3n) is 1.85. The summed E-state index contributed by atoms with van der Waals surface area (Å²) in [7, 11) is 0. The van der Waals surface area contributed by atoms with Crippen LogP contribution in [0.15, 0.2) is 5.38 Å². The molecule has 0 aliphatic rings. The highest BCUT2D eigenvalue weighted by Crippen LogP contribution is 2.32. The van der Waals surface area contributed by atoms with Crippen LogP contribution in [0.4, 0.5) is 13.2 Å². The van der Waals surface area contributed by atoms with Gasteiger partial charge in [-0.1, -0.05) is 13.8 Å². The Kier molecular flexibility index (Phi) is 2.95. The van der Waals surface area contributed by atoms with Crippen molar-refractivity contribution in [3.63, 3.8) is 0 Å². The van der Waals surface area contributed by atoms with Crippen LogP contribution in [0.5, 0.6) is 0 Å². The topological polar surface area (TPSA) is 12.9 Å². The predicted octanol–water partition coefficient (Wildman–Crippen LogP) is 3.68. The van der Waals surface area contributed by atoms with Crippen LogP contribution >= 0.6 is 11.3 Å². The Morgan fingerprint density at radius 2 is 2.15 bits per heavy atom. The summed E-state index contributed by atoms with van der Waals surface area (Å²) in [6.07, 6.45) is -3.49. The molecule has 0 saturated heterocycles. The van der Waals surface area contributed by atoms with Crippen LogP contribution in [0.25, 0.3) is 0 Å². The summed E-state index contributed by atoms with van der Waals surface area (Å²) in [4.78, 5) is 3.55. The smallest absolute Gasteiger partial charge is 0.236 e.